The summed E-state index contributed by atoms with van der Waals surface area (Å²) in [5, 5.41) is 9.05. The molecule has 1 aromatic rings. The maximum Gasteiger partial charge on any atom is 0.308 e. The monoisotopic (exact) mass is 278 g/mol. The van der Waals surface area contributed by atoms with Crippen molar-refractivity contribution in [3.05, 3.63) is 23.9 Å². The average molecular weight is 278 g/mol. The van der Waals surface area contributed by atoms with Crippen LogP contribution in [0.5, 0.6) is 0 Å². The molecule has 0 aromatic carbocycles. The molecule has 1 heterocycles. The summed E-state index contributed by atoms with van der Waals surface area (Å²) in [4.78, 5) is 29.1. The molecule has 0 bridgehead atoms. The molecule has 0 aliphatic carbocycles. The highest BCUT2D eigenvalue weighted by atomic mass is 16.4. The first-order valence-corrected chi connectivity index (χ1v) is 6.77. The molecule has 0 spiro atoms. The van der Waals surface area contributed by atoms with Gasteiger partial charge in [0.1, 0.15) is 5.82 Å². The Morgan fingerprint density at radius 2 is 2.00 bits per heavy atom. The van der Waals surface area contributed by atoms with Gasteiger partial charge in [-0.15, -0.1) is 0 Å². The zero-order chi connectivity index (χ0) is 15.3. The van der Waals surface area contributed by atoms with Crippen molar-refractivity contribution in [3.63, 3.8) is 0 Å². The molecule has 5 heteroatoms. The number of rotatable bonds is 6. The molecule has 0 aliphatic heterocycles. The van der Waals surface area contributed by atoms with Crippen LogP contribution < -0.4 is 4.90 Å². The van der Waals surface area contributed by atoms with Gasteiger partial charge in [-0.2, -0.15) is 0 Å². The summed E-state index contributed by atoms with van der Waals surface area (Å²) in [6.45, 7) is 7.52. The molecular formula is C15H22N2O3. The second-order valence-corrected chi connectivity index (χ2v) is 5.49. The third-order valence-corrected chi connectivity index (χ3v) is 3.00. The number of amides is 1. The molecule has 20 heavy (non-hydrogen) atoms. The number of carboxylic acid groups (broad SMARTS) is 1. The Kier molecular flexibility index (Phi) is 5.67. The molecule has 0 fully saturated rings. The minimum atomic E-state index is -0.916. The first-order chi connectivity index (χ1) is 9.32. The number of aliphatic carboxylic acids is 1. The molecule has 1 amide bonds. The van der Waals surface area contributed by atoms with Gasteiger partial charge < -0.3 is 5.11 Å². The number of hydrogen-bond donors (Lipinski definition) is 1. The minimum absolute atomic E-state index is 0.0881. The van der Waals surface area contributed by atoms with E-state index in [2.05, 4.69) is 4.98 Å². The van der Waals surface area contributed by atoms with Crippen LogP contribution in [0.25, 0.3) is 0 Å². The number of carbonyl (C=O) groups excluding carboxylic acids is 1. The van der Waals surface area contributed by atoms with Gasteiger partial charge in [0, 0.05) is 19.2 Å². The first kappa shape index (κ1) is 16.1. The number of anilines is 1. The summed E-state index contributed by atoms with van der Waals surface area (Å²) in [5.74, 6) is -0.872. The van der Waals surface area contributed by atoms with Crippen molar-refractivity contribution in [1.29, 1.82) is 0 Å². The number of carboxylic acids is 1. The topological polar surface area (TPSA) is 70.5 Å². The first-order valence-electron chi connectivity index (χ1n) is 6.77. The van der Waals surface area contributed by atoms with Gasteiger partial charge in [-0.3, -0.25) is 14.5 Å². The van der Waals surface area contributed by atoms with Crippen molar-refractivity contribution in [1.82, 2.24) is 4.98 Å². The molecule has 0 aliphatic rings. The fourth-order valence-electron chi connectivity index (χ4n) is 1.88. The van der Waals surface area contributed by atoms with E-state index >= 15 is 0 Å². The lowest BCUT2D eigenvalue weighted by Gasteiger charge is -2.25. The molecule has 1 unspecified atom stereocenters. The van der Waals surface area contributed by atoms with Gasteiger partial charge >= 0.3 is 5.97 Å². The SMILES string of the molecule is Cc1cccnc1N(CC(C)C(=O)O)C(=O)CC(C)C. The zero-order valence-electron chi connectivity index (χ0n) is 12.5. The fraction of sp³-hybridized carbons (Fsp3) is 0.533. The lowest BCUT2D eigenvalue weighted by atomic mass is 10.1. The predicted molar refractivity (Wildman–Crippen MR) is 77.6 cm³/mol. The fourth-order valence-corrected chi connectivity index (χ4v) is 1.88. The van der Waals surface area contributed by atoms with Crippen molar-refractivity contribution in [2.45, 2.75) is 34.1 Å². The van der Waals surface area contributed by atoms with Crippen LogP contribution in [0.4, 0.5) is 5.82 Å². The Morgan fingerprint density at radius 1 is 1.35 bits per heavy atom. The molecule has 1 atom stereocenters. The Labute approximate surface area is 119 Å². The largest absolute Gasteiger partial charge is 0.481 e. The van der Waals surface area contributed by atoms with Crippen LogP contribution in [-0.4, -0.2) is 28.5 Å². The number of aryl methyl sites for hydroxylation is 1. The third-order valence-electron chi connectivity index (χ3n) is 3.00. The summed E-state index contributed by atoms with van der Waals surface area (Å²) >= 11 is 0. The average Bonchev–Trinajstić information content (AvgIpc) is 2.35. The van der Waals surface area contributed by atoms with Gasteiger partial charge in [0.2, 0.25) is 5.91 Å². The maximum atomic E-state index is 12.4. The molecular weight excluding hydrogens is 256 g/mol. The minimum Gasteiger partial charge on any atom is -0.481 e. The van der Waals surface area contributed by atoms with E-state index in [1.54, 1.807) is 19.2 Å². The van der Waals surface area contributed by atoms with Crippen LogP contribution >= 0.6 is 0 Å². The van der Waals surface area contributed by atoms with E-state index in [4.69, 9.17) is 5.11 Å². The maximum absolute atomic E-state index is 12.4. The molecule has 1 rings (SSSR count). The van der Waals surface area contributed by atoms with E-state index in [0.717, 1.165) is 5.56 Å². The Bertz CT molecular complexity index is 486. The molecule has 5 nitrogen and oxygen atoms in total. The van der Waals surface area contributed by atoms with Gasteiger partial charge in [-0.05, 0) is 24.5 Å². The molecule has 1 aromatic heterocycles. The number of carbonyl (C=O) groups is 2. The molecule has 1 N–H and O–H groups in total. The van der Waals surface area contributed by atoms with E-state index in [1.165, 1.54) is 4.90 Å². The summed E-state index contributed by atoms with van der Waals surface area (Å²) in [6, 6.07) is 3.66. The van der Waals surface area contributed by atoms with Crippen LogP contribution in [0, 0.1) is 18.8 Å². The van der Waals surface area contributed by atoms with Gasteiger partial charge in [0.25, 0.3) is 0 Å². The number of aromatic nitrogens is 1. The quantitative estimate of drug-likeness (QED) is 0.868. The number of hydrogen-bond acceptors (Lipinski definition) is 3. The molecule has 110 valence electrons. The predicted octanol–water partition coefficient (Wildman–Crippen LogP) is 2.49. The third kappa shape index (κ3) is 4.33. The Morgan fingerprint density at radius 3 is 2.50 bits per heavy atom. The second kappa shape index (κ2) is 7.03. The van der Waals surface area contributed by atoms with Crippen LogP contribution in [0.2, 0.25) is 0 Å². The summed E-state index contributed by atoms with van der Waals surface area (Å²) in [6.07, 6.45) is 1.99. The van der Waals surface area contributed by atoms with E-state index in [9.17, 15) is 9.59 Å². The van der Waals surface area contributed by atoms with Crippen molar-refractivity contribution >= 4 is 17.7 Å². The lowest BCUT2D eigenvalue weighted by molar-refractivity contribution is -0.140. The summed E-state index contributed by atoms with van der Waals surface area (Å²) < 4.78 is 0. The van der Waals surface area contributed by atoms with Gasteiger partial charge in [0.05, 0.1) is 5.92 Å². The van der Waals surface area contributed by atoms with E-state index in [-0.39, 0.29) is 18.4 Å². The van der Waals surface area contributed by atoms with E-state index in [0.29, 0.717) is 12.2 Å². The summed E-state index contributed by atoms with van der Waals surface area (Å²) in [7, 11) is 0. The van der Waals surface area contributed by atoms with Crippen molar-refractivity contribution in [3.8, 4) is 0 Å². The highest BCUT2D eigenvalue weighted by Gasteiger charge is 2.24. The zero-order valence-corrected chi connectivity index (χ0v) is 12.5. The van der Waals surface area contributed by atoms with Crippen LogP contribution in [0.1, 0.15) is 32.8 Å². The van der Waals surface area contributed by atoms with Gasteiger partial charge in [-0.1, -0.05) is 26.8 Å². The van der Waals surface area contributed by atoms with Crippen molar-refractivity contribution < 1.29 is 14.7 Å². The standard InChI is InChI=1S/C15H22N2O3/c1-10(2)8-13(18)17(9-12(4)15(19)20)14-11(3)6-5-7-16-14/h5-7,10,12H,8-9H2,1-4H3,(H,19,20). The molecule has 0 radical (unpaired) electrons. The number of pyridine rings is 1. The van der Waals surface area contributed by atoms with Crippen LogP contribution in [0.3, 0.4) is 0 Å². The van der Waals surface area contributed by atoms with Crippen LogP contribution in [-0.2, 0) is 9.59 Å². The van der Waals surface area contributed by atoms with Crippen molar-refractivity contribution in [2.24, 2.45) is 11.8 Å². The lowest BCUT2D eigenvalue weighted by Crippen LogP contribution is -2.38. The second-order valence-electron chi connectivity index (χ2n) is 5.49. The van der Waals surface area contributed by atoms with E-state index < -0.39 is 11.9 Å². The molecule has 0 saturated heterocycles. The van der Waals surface area contributed by atoms with Gasteiger partial charge in [-0.25, -0.2) is 4.98 Å². The summed E-state index contributed by atoms with van der Waals surface area (Å²) in [5.41, 5.74) is 0.863. The Hall–Kier alpha value is -1.91. The van der Waals surface area contributed by atoms with Gasteiger partial charge in [0.15, 0.2) is 0 Å². The highest BCUT2D eigenvalue weighted by molar-refractivity contribution is 5.93. The molecule has 0 saturated carbocycles. The number of nitrogens with zero attached hydrogens (tertiary/aromatic N) is 2. The van der Waals surface area contributed by atoms with Crippen molar-refractivity contribution in [2.75, 3.05) is 11.4 Å². The van der Waals surface area contributed by atoms with Crippen LogP contribution in [0.15, 0.2) is 18.3 Å². The smallest absolute Gasteiger partial charge is 0.308 e. The Balaban J connectivity index is 3.04. The van der Waals surface area contributed by atoms with E-state index in [1.807, 2.05) is 26.8 Å². The normalized spacial score (nSPS) is 12.2. The highest BCUT2D eigenvalue weighted by Crippen LogP contribution is 2.20.